The van der Waals surface area contributed by atoms with E-state index in [1.54, 1.807) is 11.0 Å². The first-order chi connectivity index (χ1) is 8.61. The Morgan fingerprint density at radius 3 is 3.06 bits per heavy atom. The highest BCUT2D eigenvalue weighted by atomic mass is 35.5. The van der Waals surface area contributed by atoms with E-state index in [1.165, 1.54) is 12.1 Å². The lowest BCUT2D eigenvalue weighted by atomic mass is 10.1. The first-order valence-corrected chi connectivity index (χ1v) is 6.38. The smallest absolute Gasteiger partial charge is 0.256 e. The second kappa shape index (κ2) is 5.67. The molecule has 1 amide bonds. The van der Waals surface area contributed by atoms with E-state index in [-0.39, 0.29) is 11.5 Å². The highest BCUT2D eigenvalue weighted by Crippen LogP contribution is 2.21. The molecule has 0 spiro atoms. The van der Waals surface area contributed by atoms with E-state index in [0.29, 0.717) is 24.0 Å². The summed E-state index contributed by atoms with van der Waals surface area (Å²) < 4.78 is 13.7. The van der Waals surface area contributed by atoms with Gasteiger partial charge >= 0.3 is 0 Å². The molecule has 1 N–H and O–H groups in total. The summed E-state index contributed by atoms with van der Waals surface area (Å²) in [6.45, 7) is 2.25. The molecule has 0 saturated carbocycles. The number of hydrogen-bond acceptors (Lipinski definition) is 2. The van der Waals surface area contributed by atoms with Crippen LogP contribution in [-0.4, -0.2) is 37.5 Å². The standard InChI is InChI=1S/C13H16ClFN2O/c1-16-7-9-4-5-17(8-9)13(18)11-3-2-10(14)6-12(11)15/h2-3,6,9,16H,4-5,7-8H2,1H3. The lowest BCUT2D eigenvalue weighted by Crippen LogP contribution is -2.30. The summed E-state index contributed by atoms with van der Waals surface area (Å²) in [5.74, 6) is -0.346. The minimum atomic E-state index is -0.551. The molecule has 1 saturated heterocycles. The van der Waals surface area contributed by atoms with Gasteiger partial charge in [0.15, 0.2) is 0 Å². The van der Waals surface area contributed by atoms with Crippen molar-refractivity contribution in [3.63, 3.8) is 0 Å². The molecule has 3 nitrogen and oxygen atoms in total. The van der Waals surface area contributed by atoms with E-state index >= 15 is 0 Å². The van der Waals surface area contributed by atoms with Crippen molar-refractivity contribution in [2.45, 2.75) is 6.42 Å². The van der Waals surface area contributed by atoms with Crippen molar-refractivity contribution in [3.8, 4) is 0 Å². The molecule has 5 heteroatoms. The fourth-order valence-electron chi connectivity index (χ4n) is 2.31. The van der Waals surface area contributed by atoms with Crippen LogP contribution in [0.1, 0.15) is 16.8 Å². The number of nitrogens with zero attached hydrogens (tertiary/aromatic N) is 1. The van der Waals surface area contributed by atoms with E-state index in [1.807, 2.05) is 7.05 Å². The number of benzene rings is 1. The van der Waals surface area contributed by atoms with Crippen molar-refractivity contribution >= 4 is 17.5 Å². The van der Waals surface area contributed by atoms with Gasteiger partial charge in [0.2, 0.25) is 0 Å². The first kappa shape index (κ1) is 13.3. The zero-order valence-electron chi connectivity index (χ0n) is 10.2. The molecule has 1 atom stereocenters. The number of halogens is 2. The molecule has 0 aromatic heterocycles. The van der Waals surface area contributed by atoms with Gasteiger partial charge in [-0.1, -0.05) is 11.6 Å². The lowest BCUT2D eigenvalue weighted by molar-refractivity contribution is 0.0782. The molecule has 1 unspecified atom stereocenters. The van der Waals surface area contributed by atoms with E-state index in [2.05, 4.69) is 5.32 Å². The monoisotopic (exact) mass is 270 g/mol. The SMILES string of the molecule is CNCC1CCN(C(=O)c2ccc(Cl)cc2F)C1. The molecule has 1 aliphatic rings. The fourth-order valence-corrected chi connectivity index (χ4v) is 2.46. The van der Waals surface area contributed by atoms with Gasteiger partial charge in [-0.3, -0.25) is 4.79 Å². The van der Waals surface area contributed by atoms with Gasteiger partial charge in [-0.15, -0.1) is 0 Å². The maximum atomic E-state index is 13.7. The quantitative estimate of drug-likeness (QED) is 0.913. The van der Waals surface area contributed by atoms with Crippen molar-refractivity contribution < 1.29 is 9.18 Å². The molecule has 0 bridgehead atoms. The Balaban J connectivity index is 2.08. The number of hydrogen-bond donors (Lipinski definition) is 1. The molecule has 18 heavy (non-hydrogen) atoms. The number of likely N-dealkylation sites (tertiary alicyclic amines) is 1. The van der Waals surface area contributed by atoms with Crippen LogP contribution in [0.2, 0.25) is 5.02 Å². The first-order valence-electron chi connectivity index (χ1n) is 6.00. The number of nitrogens with one attached hydrogen (secondary N) is 1. The van der Waals surface area contributed by atoms with E-state index in [4.69, 9.17) is 11.6 Å². The Morgan fingerprint density at radius 2 is 2.39 bits per heavy atom. The molecule has 0 aliphatic carbocycles. The number of rotatable bonds is 3. The average Bonchev–Trinajstić information content (AvgIpc) is 2.77. The van der Waals surface area contributed by atoms with Gasteiger partial charge in [0.05, 0.1) is 5.56 Å². The van der Waals surface area contributed by atoms with Crippen LogP contribution in [0.3, 0.4) is 0 Å². The maximum Gasteiger partial charge on any atom is 0.256 e. The number of carbonyl (C=O) groups excluding carboxylic acids is 1. The molecule has 1 aromatic rings. The number of amides is 1. The van der Waals surface area contributed by atoms with E-state index in [9.17, 15) is 9.18 Å². The van der Waals surface area contributed by atoms with Crippen molar-refractivity contribution in [3.05, 3.63) is 34.6 Å². The summed E-state index contributed by atoms with van der Waals surface area (Å²) >= 11 is 5.67. The molecule has 1 aliphatic heterocycles. The highest BCUT2D eigenvalue weighted by Gasteiger charge is 2.27. The summed E-state index contributed by atoms with van der Waals surface area (Å²) in [6.07, 6.45) is 0.960. The predicted octanol–water partition coefficient (Wildman–Crippen LogP) is 2.16. The largest absolute Gasteiger partial charge is 0.338 e. The molecular formula is C13H16ClFN2O. The molecule has 1 aromatic carbocycles. The van der Waals surface area contributed by atoms with Crippen LogP contribution in [-0.2, 0) is 0 Å². The van der Waals surface area contributed by atoms with E-state index < -0.39 is 5.82 Å². The molecule has 2 rings (SSSR count). The zero-order chi connectivity index (χ0) is 13.1. The Hall–Kier alpha value is -1.13. The minimum absolute atomic E-state index is 0.101. The third kappa shape index (κ3) is 2.82. The van der Waals surface area contributed by atoms with E-state index in [0.717, 1.165) is 13.0 Å². The Kier molecular flexibility index (Phi) is 4.19. The summed E-state index contributed by atoms with van der Waals surface area (Å²) in [6, 6.07) is 4.17. The zero-order valence-corrected chi connectivity index (χ0v) is 11.0. The van der Waals surface area contributed by atoms with Crippen LogP contribution in [0, 0.1) is 11.7 Å². The summed E-state index contributed by atoms with van der Waals surface area (Å²) in [5.41, 5.74) is 0.101. The van der Waals surface area contributed by atoms with Gasteiger partial charge < -0.3 is 10.2 Å². The van der Waals surface area contributed by atoms with Crippen LogP contribution in [0.5, 0.6) is 0 Å². The van der Waals surface area contributed by atoms with Crippen LogP contribution in [0.15, 0.2) is 18.2 Å². The Labute approximate surface area is 111 Å². The second-order valence-electron chi connectivity index (χ2n) is 4.59. The van der Waals surface area contributed by atoms with Gasteiger partial charge in [-0.05, 0) is 44.1 Å². The van der Waals surface area contributed by atoms with Gasteiger partial charge in [0.1, 0.15) is 5.82 Å². The summed E-state index contributed by atoms with van der Waals surface area (Å²) in [5, 5.41) is 3.40. The van der Waals surface area contributed by atoms with Crippen molar-refractivity contribution in [1.82, 2.24) is 10.2 Å². The van der Waals surface area contributed by atoms with Gasteiger partial charge in [-0.25, -0.2) is 4.39 Å². The summed E-state index contributed by atoms with van der Waals surface area (Å²) in [7, 11) is 1.89. The minimum Gasteiger partial charge on any atom is -0.338 e. The molecular weight excluding hydrogens is 255 g/mol. The normalized spacial score (nSPS) is 19.3. The highest BCUT2D eigenvalue weighted by molar-refractivity contribution is 6.30. The van der Waals surface area contributed by atoms with Gasteiger partial charge in [0.25, 0.3) is 5.91 Å². The van der Waals surface area contributed by atoms with Crippen molar-refractivity contribution in [2.24, 2.45) is 5.92 Å². The second-order valence-corrected chi connectivity index (χ2v) is 5.02. The molecule has 1 fully saturated rings. The van der Waals surface area contributed by atoms with Crippen molar-refractivity contribution in [1.29, 1.82) is 0 Å². The Bertz CT molecular complexity index is 453. The van der Waals surface area contributed by atoms with Crippen LogP contribution in [0.4, 0.5) is 4.39 Å². The third-order valence-electron chi connectivity index (χ3n) is 3.23. The van der Waals surface area contributed by atoms with Crippen LogP contribution >= 0.6 is 11.6 Å². The van der Waals surface area contributed by atoms with Gasteiger partial charge in [-0.2, -0.15) is 0 Å². The topological polar surface area (TPSA) is 32.3 Å². The number of carbonyl (C=O) groups is 1. The maximum absolute atomic E-state index is 13.7. The fraction of sp³-hybridized carbons (Fsp3) is 0.462. The predicted molar refractivity (Wildman–Crippen MR) is 69.3 cm³/mol. The molecule has 1 heterocycles. The molecule has 0 radical (unpaired) electrons. The average molecular weight is 271 g/mol. The summed E-state index contributed by atoms with van der Waals surface area (Å²) in [4.78, 5) is 13.9. The van der Waals surface area contributed by atoms with Crippen molar-refractivity contribution in [2.75, 3.05) is 26.7 Å². The van der Waals surface area contributed by atoms with Gasteiger partial charge in [0, 0.05) is 18.1 Å². The third-order valence-corrected chi connectivity index (χ3v) is 3.46. The van der Waals surface area contributed by atoms with Crippen LogP contribution in [0.25, 0.3) is 0 Å². The molecule has 98 valence electrons. The lowest BCUT2D eigenvalue weighted by Gasteiger charge is -2.17. The van der Waals surface area contributed by atoms with Crippen LogP contribution < -0.4 is 5.32 Å². The Morgan fingerprint density at radius 1 is 1.61 bits per heavy atom.